The molecule has 0 fully saturated rings. The Morgan fingerprint density at radius 3 is 0.932 bits per heavy atom. The highest BCUT2D eigenvalue weighted by Crippen LogP contribution is 2.56. The van der Waals surface area contributed by atoms with Crippen LogP contribution in [-0.2, 0) is 5.41 Å². The minimum atomic E-state index is -5.53. The van der Waals surface area contributed by atoms with E-state index in [2.05, 4.69) is 92.7 Å². The molecule has 0 atom stereocenters. The van der Waals surface area contributed by atoms with Crippen LogP contribution in [0.2, 0.25) is 0 Å². The Morgan fingerprint density at radius 2 is 0.636 bits per heavy atom. The third-order valence-electron chi connectivity index (χ3n) is 7.77. The van der Waals surface area contributed by atoms with E-state index in [1.165, 1.54) is 52.1 Å². The normalized spacial score (nSPS) is 12.1. The maximum absolute atomic E-state index is 13.7. The van der Waals surface area contributed by atoms with Crippen LogP contribution in [0.25, 0.3) is 0 Å². The molecular formula is C38H34F6. The van der Waals surface area contributed by atoms with E-state index in [1.807, 2.05) is 0 Å². The van der Waals surface area contributed by atoms with Gasteiger partial charge in [-0.3, -0.25) is 0 Å². The summed E-state index contributed by atoms with van der Waals surface area (Å²) >= 11 is 0. The van der Waals surface area contributed by atoms with Gasteiger partial charge in [-0.2, -0.15) is 26.3 Å². The van der Waals surface area contributed by atoms with Gasteiger partial charge in [-0.05, 0) is 55.5 Å². The lowest BCUT2D eigenvalue weighted by atomic mass is 9.72. The van der Waals surface area contributed by atoms with Gasteiger partial charge in [0.15, 0.2) is 0 Å². The largest absolute Gasteiger partial charge is 0.411 e. The van der Waals surface area contributed by atoms with Crippen LogP contribution in [0, 0.1) is 27.7 Å². The first kappa shape index (κ1) is 32.6. The van der Waals surface area contributed by atoms with Crippen molar-refractivity contribution >= 4 is 0 Å². The van der Waals surface area contributed by atoms with Crippen LogP contribution in [0.3, 0.4) is 0 Å². The quantitative estimate of drug-likeness (QED) is 0.138. The topological polar surface area (TPSA) is 0 Å². The van der Waals surface area contributed by atoms with Crippen LogP contribution >= 0.6 is 0 Å². The Hall–Kier alpha value is -4.32. The van der Waals surface area contributed by atoms with E-state index < -0.39 is 28.9 Å². The molecule has 0 heterocycles. The van der Waals surface area contributed by atoms with Gasteiger partial charge in [0.1, 0.15) is 0 Å². The van der Waals surface area contributed by atoms with Gasteiger partial charge >= 0.3 is 12.4 Å². The Labute approximate surface area is 255 Å². The maximum Gasteiger partial charge on any atom is 0.411 e. The van der Waals surface area contributed by atoms with E-state index in [0.717, 1.165) is 24.3 Å². The third kappa shape index (κ3) is 6.91. The summed E-state index contributed by atoms with van der Waals surface area (Å²) in [5.41, 5.74) is 2.05. The van der Waals surface area contributed by atoms with Crippen molar-refractivity contribution in [1.82, 2.24) is 0 Å². The van der Waals surface area contributed by atoms with Crippen LogP contribution in [-0.4, -0.2) is 12.4 Å². The smallest absolute Gasteiger partial charge is 0.169 e. The SMILES string of the molecule is Cc1ccc(C(c2ccc(C)cc2)(C(F)(F)F)C(F)(F)F)cc1.Cc1ccc(C(c2ccccc2)c2ccc(C)cc2)cc1. The molecule has 0 bridgehead atoms. The van der Waals surface area contributed by atoms with Crippen molar-refractivity contribution in [1.29, 1.82) is 0 Å². The molecule has 5 rings (SSSR count). The minimum Gasteiger partial charge on any atom is -0.169 e. The van der Waals surface area contributed by atoms with Crippen LogP contribution in [0.15, 0.2) is 127 Å². The number of rotatable bonds is 5. The van der Waals surface area contributed by atoms with Crippen molar-refractivity contribution in [2.24, 2.45) is 0 Å². The van der Waals surface area contributed by atoms with E-state index in [9.17, 15) is 26.3 Å². The van der Waals surface area contributed by atoms with Gasteiger partial charge in [-0.15, -0.1) is 0 Å². The lowest BCUT2D eigenvalue weighted by Gasteiger charge is -2.38. The molecule has 0 nitrogen and oxygen atoms in total. The van der Waals surface area contributed by atoms with Crippen LogP contribution < -0.4 is 0 Å². The predicted molar refractivity (Wildman–Crippen MR) is 165 cm³/mol. The molecule has 0 aliphatic heterocycles. The van der Waals surface area contributed by atoms with Gasteiger partial charge in [0.05, 0.1) is 0 Å². The molecule has 0 radical (unpaired) electrons. The first-order chi connectivity index (χ1) is 20.7. The summed E-state index contributed by atoms with van der Waals surface area (Å²) in [5, 5.41) is 0. The highest BCUT2D eigenvalue weighted by Gasteiger charge is 2.72. The summed E-state index contributed by atoms with van der Waals surface area (Å²) in [6.07, 6.45) is -11.1. The predicted octanol–water partition coefficient (Wildman–Crippen LogP) is 11.2. The maximum atomic E-state index is 13.7. The third-order valence-corrected chi connectivity index (χ3v) is 7.77. The fraction of sp³-hybridized carbons (Fsp3) is 0.211. The van der Waals surface area contributed by atoms with Crippen molar-refractivity contribution in [3.63, 3.8) is 0 Å². The zero-order valence-electron chi connectivity index (χ0n) is 25.0. The molecule has 0 aliphatic rings. The van der Waals surface area contributed by atoms with E-state index in [0.29, 0.717) is 17.0 Å². The molecule has 5 aromatic carbocycles. The molecule has 228 valence electrons. The lowest BCUT2D eigenvalue weighted by Crippen LogP contribution is -2.54. The molecule has 0 aliphatic carbocycles. The fourth-order valence-corrected chi connectivity index (χ4v) is 5.33. The zero-order valence-corrected chi connectivity index (χ0v) is 25.0. The molecule has 0 aromatic heterocycles. The molecule has 0 amide bonds. The molecule has 6 heteroatoms. The first-order valence-corrected chi connectivity index (χ1v) is 14.2. The number of alkyl halides is 6. The number of halogens is 6. The van der Waals surface area contributed by atoms with Gasteiger partial charge in [0.2, 0.25) is 5.41 Å². The average Bonchev–Trinajstić information content (AvgIpc) is 2.97. The van der Waals surface area contributed by atoms with Gasteiger partial charge in [0.25, 0.3) is 0 Å². The van der Waals surface area contributed by atoms with E-state index >= 15 is 0 Å². The van der Waals surface area contributed by atoms with Gasteiger partial charge in [-0.1, -0.05) is 150 Å². The number of benzene rings is 5. The molecular weight excluding hydrogens is 570 g/mol. The van der Waals surface area contributed by atoms with Gasteiger partial charge in [0, 0.05) is 5.92 Å². The second kappa shape index (κ2) is 13.1. The monoisotopic (exact) mass is 604 g/mol. The molecule has 0 saturated carbocycles. The number of hydrogen-bond donors (Lipinski definition) is 0. The molecule has 5 aromatic rings. The Morgan fingerprint density at radius 1 is 0.364 bits per heavy atom. The van der Waals surface area contributed by atoms with Crippen molar-refractivity contribution < 1.29 is 26.3 Å². The summed E-state index contributed by atoms with van der Waals surface area (Å²) in [4.78, 5) is 0. The van der Waals surface area contributed by atoms with Crippen molar-refractivity contribution in [2.45, 2.75) is 51.4 Å². The average molecular weight is 605 g/mol. The van der Waals surface area contributed by atoms with Crippen molar-refractivity contribution in [2.75, 3.05) is 0 Å². The summed E-state index contributed by atoms with van der Waals surface area (Å²) < 4.78 is 82.3. The second-order valence-electron chi connectivity index (χ2n) is 11.1. The second-order valence-corrected chi connectivity index (χ2v) is 11.1. The molecule has 0 spiro atoms. The number of aryl methyl sites for hydroxylation is 4. The summed E-state index contributed by atoms with van der Waals surface area (Å²) in [5.74, 6) is 0.299. The molecule has 44 heavy (non-hydrogen) atoms. The summed E-state index contributed by atoms with van der Waals surface area (Å²) in [6, 6.07) is 37.0. The van der Waals surface area contributed by atoms with Crippen molar-refractivity contribution in [3.8, 4) is 0 Å². The highest BCUT2D eigenvalue weighted by atomic mass is 19.4. The Kier molecular flexibility index (Phi) is 9.72. The molecule has 0 unspecified atom stereocenters. The van der Waals surface area contributed by atoms with Gasteiger partial charge in [-0.25, -0.2) is 0 Å². The summed E-state index contributed by atoms with van der Waals surface area (Å²) in [6.45, 7) is 7.46. The number of hydrogen-bond acceptors (Lipinski definition) is 0. The van der Waals surface area contributed by atoms with E-state index in [4.69, 9.17) is 0 Å². The standard InChI is InChI=1S/C21H20.C17H14F6/c1-16-8-12-19(13-9-16)21(18-6-4-3-5-7-18)20-14-10-17(2)11-15-20;1-11-3-7-13(8-4-11)15(16(18,19)20,17(21,22)23)14-9-5-12(2)6-10-14/h3-15,21H,1-2H3;3-10H,1-2H3. The van der Waals surface area contributed by atoms with E-state index in [-0.39, 0.29) is 0 Å². The van der Waals surface area contributed by atoms with Crippen LogP contribution in [0.1, 0.15) is 56.0 Å². The van der Waals surface area contributed by atoms with Gasteiger partial charge < -0.3 is 0 Å². The highest BCUT2D eigenvalue weighted by molar-refractivity contribution is 5.46. The zero-order chi connectivity index (χ0) is 32.1. The van der Waals surface area contributed by atoms with Crippen molar-refractivity contribution in [3.05, 3.63) is 177 Å². The Bertz CT molecular complexity index is 1510. The Balaban J connectivity index is 0.000000201. The first-order valence-electron chi connectivity index (χ1n) is 14.2. The lowest BCUT2D eigenvalue weighted by molar-refractivity contribution is -0.288. The fourth-order valence-electron chi connectivity index (χ4n) is 5.33. The van der Waals surface area contributed by atoms with Crippen LogP contribution in [0.4, 0.5) is 26.3 Å². The summed E-state index contributed by atoms with van der Waals surface area (Å²) in [7, 11) is 0. The van der Waals surface area contributed by atoms with Crippen LogP contribution in [0.5, 0.6) is 0 Å². The van der Waals surface area contributed by atoms with E-state index in [1.54, 1.807) is 13.8 Å². The molecule has 0 saturated heterocycles. The molecule has 0 N–H and O–H groups in total. The minimum absolute atomic E-state index is 0.299.